The minimum absolute atomic E-state index is 0.0539. The lowest BCUT2D eigenvalue weighted by Gasteiger charge is -2.07. The summed E-state index contributed by atoms with van der Waals surface area (Å²) in [6.07, 6.45) is 0. The number of hydrogen-bond donors (Lipinski definition) is 1. The van der Waals surface area contributed by atoms with Crippen molar-refractivity contribution in [1.82, 2.24) is 5.16 Å². The first-order valence-electron chi connectivity index (χ1n) is 6.77. The van der Waals surface area contributed by atoms with Gasteiger partial charge in [-0.2, -0.15) is 0 Å². The molecule has 0 aliphatic heterocycles. The van der Waals surface area contributed by atoms with Crippen LogP contribution in [0.4, 0.5) is 10.2 Å². The van der Waals surface area contributed by atoms with E-state index in [0.717, 1.165) is 0 Å². The fourth-order valence-corrected chi connectivity index (χ4v) is 3.10. The van der Waals surface area contributed by atoms with Crippen molar-refractivity contribution in [3.63, 3.8) is 0 Å². The molecule has 0 radical (unpaired) electrons. The van der Waals surface area contributed by atoms with Crippen LogP contribution in [-0.2, 0) is 10.0 Å². The fourth-order valence-electron chi connectivity index (χ4n) is 2.12. The van der Waals surface area contributed by atoms with E-state index in [-0.39, 0.29) is 16.5 Å². The highest BCUT2D eigenvalue weighted by Gasteiger charge is 2.16. The van der Waals surface area contributed by atoms with Gasteiger partial charge in [0.2, 0.25) is 0 Å². The summed E-state index contributed by atoms with van der Waals surface area (Å²) in [5.74, 6) is 0.248. The van der Waals surface area contributed by atoms with E-state index in [1.54, 1.807) is 37.3 Å². The third-order valence-corrected chi connectivity index (χ3v) is 4.59. The summed E-state index contributed by atoms with van der Waals surface area (Å²) in [6, 6.07) is 13.7. The van der Waals surface area contributed by atoms with Crippen molar-refractivity contribution < 1.29 is 17.3 Å². The summed E-state index contributed by atoms with van der Waals surface area (Å²) in [7, 11) is -3.78. The molecule has 1 N–H and O–H groups in total. The third kappa shape index (κ3) is 3.24. The molecule has 2 aromatic carbocycles. The van der Waals surface area contributed by atoms with Gasteiger partial charge in [0.15, 0.2) is 5.82 Å². The maximum Gasteiger partial charge on any atom is 0.263 e. The minimum Gasteiger partial charge on any atom is -0.360 e. The van der Waals surface area contributed by atoms with Gasteiger partial charge in [0.25, 0.3) is 10.0 Å². The molecule has 118 valence electrons. The van der Waals surface area contributed by atoms with Crippen LogP contribution >= 0.6 is 0 Å². The molecule has 0 unspecified atom stereocenters. The molecule has 1 aromatic heterocycles. The average molecular weight is 332 g/mol. The van der Waals surface area contributed by atoms with E-state index < -0.39 is 10.0 Å². The minimum atomic E-state index is -3.78. The SMILES string of the molecule is Cc1cc(NS(=O)(=O)c2ccc(-c3ccccc3F)cc2)no1. The standard InChI is InChI=1S/C16H13FN2O3S/c1-11-10-16(18-22-11)19-23(20,21)13-8-6-12(7-9-13)14-4-2-3-5-15(14)17/h2-10H,1H3,(H,18,19). The normalized spacial score (nSPS) is 11.4. The summed E-state index contributed by atoms with van der Waals surface area (Å²) in [6.45, 7) is 1.66. The second kappa shape index (κ2) is 5.85. The zero-order chi connectivity index (χ0) is 16.4. The molecule has 3 rings (SSSR count). The average Bonchev–Trinajstić information content (AvgIpc) is 2.92. The molecule has 0 bridgehead atoms. The molecule has 1 heterocycles. The Labute approximate surface area is 132 Å². The zero-order valence-corrected chi connectivity index (χ0v) is 13.0. The predicted octanol–water partition coefficient (Wildman–Crippen LogP) is 3.59. The Hall–Kier alpha value is -2.67. The zero-order valence-electron chi connectivity index (χ0n) is 12.2. The number of benzene rings is 2. The lowest BCUT2D eigenvalue weighted by atomic mass is 10.1. The third-order valence-electron chi connectivity index (χ3n) is 3.22. The molecular weight excluding hydrogens is 319 g/mol. The van der Waals surface area contributed by atoms with E-state index in [0.29, 0.717) is 16.9 Å². The number of halogens is 1. The Bertz CT molecular complexity index is 934. The molecule has 0 fully saturated rings. The molecule has 0 spiro atoms. The maximum absolute atomic E-state index is 13.8. The van der Waals surface area contributed by atoms with Gasteiger partial charge in [0.1, 0.15) is 11.6 Å². The van der Waals surface area contributed by atoms with Crippen LogP contribution in [0.15, 0.2) is 64.0 Å². The molecule has 0 atom stereocenters. The highest BCUT2D eigenvalue weighted by molar-refractivity contribution is 7.92. The molecule has 23 heavy (non-hydrogen) atoms. The first kappa shape index (κ1) is 15.2. The Balaban J connectivity index is 1.88. The van der Waals surface area contributed by atoms with Crippen molar-refractivity contribution in [2.75, 3.05) is 4.72 Å². The van der Waals surface area contributed by atoms with Gasteiger partial charge in [-0.05, 0) is 30.7 Å². The highest BCUT2D eigenvalue weighted by Crippen LogP contribution is 2.24. The van der Waals surface area contributed by atoms with Gasteiger partial charge in [0.05, 0.1) is 4.90 Å². The Morgan fingerprint density at radius 2 is 1.78 bits per heavy atom. The van der Waals surface area contributed by atoms with Crippen molar-refractivity contribution in [3.05, 3.63) is 66.2 Å². The summed E-state index contributed by atoms with van der Waals surface area (Å²) >= 11 is 0. The van der Waals surface area contributed by atoms with E-state index in [1.807, 2.05) is 0 Å². The largest absolute Gasteiger partial charge is 0.360 e. The van der Waals surface area contributed by atoms with Crippen LogP contribution in [0.3, 0.4) is 0 Å². The van der Waals surface area contributed by atoms with Gasteiger partial charge in [-0.1, -0.05) is 35.5 Å². The van der Waals surface area contributed by atoms with Crippen molar-refractivity contribution in [3.8, 4) is 11.1 Å². The quantitative estimate of drug-likeness (QED) is 0.792. The summed E-state index contributed by atoms with van der Waals surface area (Å²) in [5.41, 5.74) is 1.01. The van der Waals surface area contributed by atoms with E-state index in [9.17, 15) is 12.8 Å². The second-order valence-corrected chi connectivity index (χ2v) is 6.61. The number of aromatic nitrogens is 1. The number of nitrogens with one attached hydrogen (secondary N) is 1. The lowest BCUT2D eigenvalue weighted by molar-refractivity contribution is 0.400. The molecule has 0 aliphatic carbocycles. The van der Waals surface area contributed by atoms with Gasteiger partial charge in [-0.3, -0.25) is 4.72 Å². The van der Waals surface area contributed by atoms with Crippen LogP contribution in [-0.4, -0.2) is 13.6 Å². The fraction of sp³-hybridized carbons (Fsp3) is 0.0625. The lowest BCUT2D eigenvalue weighted by Crippen LogP contribution is -2.13. The van der Waals surface area contributed by atoms with Gasteiger partial charge < -0.3 is 4.52 Å². The Morgan fingerprint density at radius 1 is 1.09 bits per heavy atom. The summed E-state index contributed by atoms with van der Waals surface area (Å²) < 4.78 is 45.4. The highest BCUT2D eigenvalue weighted by atomic mass is 32.2. The molecule has 0 aliphatic rings. The van der Waals surface area contributed by atoms with Crippen LogP contribution in [0.1, 0.15) is 5.76 Å². The van der Waals surface area contributed by atoms with Crippen molar-refractivity contribution in [2.24, 2.45) is 0 Å². The van der Waals surface area contributed by atoms with Crippen molar-refractivity contribution >= 4 is 15.8 Å². The van der Waals surface area contributed by atoms with Gasteiger partial charge >= 0.3 is 0 Å². The molecule has 0 saturated carbocycles. The molecule has 0 saturated heterocycles. The van der Waals surface area contributed by atoms with Gasteiger partial charge in [-0.15, -0.1) is 0 Å². The predicted molar refractivity (Wildman–Crippen MR) is 83.9 cm³/mol. The number of aryl methyl sites for hydroxylation is 1. The van der Waals surface area contributed by atoms with E-state index in [1.165, 1.54) is 24.3 Å². The van der Waals surface area contributed by atoms with Crippen LogP contribution in [0.25, 0.3) is 11.1 Å². The van der Waals surface area contributed by atoms with Crippen molar-refractivity contribution in [1.29, 1.82) is 0 Å². The monoisotopic (exact) mass is 332 g/mol. The van der Waals surface area contributed by atoms with Crippen molar-refractivity contribution in [2.45, 2.75) is 11.8 Å². The first-order valence-corrected chi connectivity index (χ1v) is 8.25. The molecule has 3 aromatic rings. The van der Waals surface area contributed by atoms with Crippen LogP contribution in [0, 0.1) is 12.7 Å². The molecule has 0 amide bonds. The van der Waals surface area contributed by atoms with E-state index >= 15 is 0 Å². The maximum atomic E-state index is 13.8. The first-order chi connectivity index (χ1) is 11.0. The van der Waals surface area contributed by atoms with Crippen LogP contribution in [0.2, 0.25) is 0 Å². The Morgan fingerprint density at radius 3 is 2.39 bits per heavy atom. The van der Waals surface area contributed by atoms with Crippen LogP contribution < -0.4 is 4.72 Å². The molecule has 5 nitrogen and oxygen atoms in total. The number of rotatable bonds is 4. The molecular formula is C16H13FN2O3S. The summed E-state index contributed by atoms with van der Waals surface area (Å²) in [4.78, 5) is 0.0539. The van der Waals surface area contributed by atoms with Crippen LogP contribution in [0.5, 0.6) is 0 Å². The number of sulfonamides is 1. The van der Waals surface area contributed by atoms with E-state index in [4.69, 9.17) is 4.52 Å². The number of nitrogens with zero attached hydrogens (tertiary/aromatic N) is 1. The Kier molecular flexibility index (Phi) is 3.87. The topological polar surface area (TPSA) is 72.2 Å². The smallest absolute Gasteiger partial charge is 0.263 e. The van der Waals surface area contributed by atoms with Gasteiger partial charge in [0, 0.05) is 11.6 Å². The molecule has 7 heteroatoms. The van der Waals surface area contributed by atoms with Gasteiger partial charge in [-0.25, -0.2) is 12.8 Å². The second-order valence-electron chi connectivity index (χ2n) is 4.93. The summed E-state index contributed by atoms with van der Waals surface area (Å²) in [5, 5.41) is 3.59. The number of hydrogen-bond acceptors (Lipinski definition) is 4. The van der Waals surface area contributed by atoms with E-state index in [2.05, 4.69) is 9.88 Å². The number of anilines is 1.